The summed E-state index contributed by atoms with van der Waals surface area (Å²) in [6.07, 6.45) is 88.5. The van der Waals surface area contributed by atoms with Crippen LogP contribution in [0.1, 0.15) is 277 Å². The van der Waals surface area contributed by atoms with Crippen LogP contribution in [0.25, 0.3) is 0 Å². The molecule has 0 aromatic rings. The first-order valence-corrected chi connectivity index (χ1v) is 34.2. The number of esters is 2. The average molecular weight is 1170 g/mol. The Kier molecular flexibility index (Phi) is 61.4. The first-order chi connectivity index (χ1) is 41.1. The third-order valence-electron chi connectivity index (χ3n) is 14.4. The van der Waals surface area contributed by atoms with Crippen molar-refractivity contribution < 1.29 is 42.9 Å². The molecule has 0 saturated carbocycles. The highest BCUT2D eigenvalue weighted by Gasteiger charge is 2.22. The summed E-state index contributed by atoms with van der Waals surface area (Å²) in [4.78, 5) is 37.4. The summed E-state index contributed by atoms with van der Waals surface area (Å²) in [6, 6.07) is 0. The first-order valence-electron chi connectivity index (χ1n) is 34.2. The number of carbonyl (C=O) groups is 3. The van der Waals surface area contributed by atoms with Crippen LogP contribution in [0.3, 0.4) is 0 Å². The molecule has 0 fully saturated rings. The zero-order valence-corrected chi connectivity index (χ0v) is 54.7. The van der Waals surface area contributed by atoms with Gasteiger partial charge in [0.2, 0.25) is 0 Å². The van der Waals surface area contributed by atoms with E-state index in [2.05, 4.69) is 135 Å². The van der Waals surface area contributed by atoms with Gasteiger partial charge in [0.05, 0.1) is 40.3 Å². The van der Waals surface area contributed by atoms with Crippen molar-refractivity contribution in [1.29, 1.82) is 0 Å². The Morgan fingerprint density at radius 2 is 0.679 bits per heavy atom. The van der Waals surface area contributed by atoms with Crippen molar-refractivity contribution in [3.05, 3.63) is 122 Å². The minimum Gasteiger partial charge on any atom is -0.545 e. The summed E-state index contributed by atoms with van der Waals surface area (Å²) in [5, 5.41) is 11.8. The van der Waals surface area contributed by atoms with Crippen molar-refractivity contribution in [2.75, 3.05) is 47.5 Å². The molecule has 84 heavy (non-hydrogen) atoms. The van der Waals surface area contributed by atoms with Gasteiger partial charge >= 0.3 is 11.9 Å². The number of carboxylic acids is 1. The van der Waals surface area contributed by atoms with E-state index in [1.54, 1.807) is 0 Å². The van der Waals surface area contributed by atoms with Crippen LogP contribution in [0.2, 0.25) is 0 Å². The van der Waals surface area contributed by atoms with E-state index in [0.29, 0.717) is 17.4 Å². The number of hydrogen-bond acceptors (Lipinski definition) is 8. The third kappa shape index (κ3) is 65.2. The molecule has 0 heterocycles. The van der Waals surface area contributed by atoms with Gasteiger partial charge in [-0.15, -0.1) is 0 Å². The maximum absolute atomic E-state index is 12.9. The quantitative estimate of drug-likeness (QED) is 0.0195. The van der Waals surface area contributed by atoms with Crippen LogP contribution < -0.4 is 5.11 Å². The van der Waals surface area contributed by atoms with Crippen LogP contribution in [0.4, 0.5) is 0 Å². The van der Waals surface area contributed by atoms with Gasteiger partial charge in [-0.2, -0.15) is 0 Å². The average Bonchev–Trinajstić information content (AvgIpc) is 3.52. The summed E-state index contributed by atoms with van der Waals surface area (Å²) in [5.74, 6) is -2.29. The van der Waals surface area contributed by atoms with Crippen LogP contribution in [0, 0.1) is 0 Å². The number of carboxylic acid groups (broad SMARTS) is 1. The molecule has 0 aliphatic heterocycles. The molecule has 0 bridgehead atoms. The van der Waals surface area contributed by atoms with Crippen molar-refractivity contribution in [1.82, 2.24) is 0 Å². The number of nitrogens with zero attached hydrogens (tertiary/aromatic N) is 1. The molecule has 0 aliphatic rings. The largest absolute Gasteiger partial charge is 0.545 e. The van der Waals surface area contributed by atoms with Gasteiger partial charge in [-0.1, -0.05) is 277 Å². The van der Waals surface area contributed by atoms with Crippen molar-refractivity contribution in [3.63, 3.8) is 0 Å². The van der Waals surface area contributed by atoms with Crippen molar-refractivity contribution in [2.24, 2.45) is 0 Å². The van der Waals surface area contributed by atoms with E-state index in [1.165, 1.54) is 135 Å². The van der Waals surface area contributed by atoms with E-state index in [9.17, 15) is 19.5 Å². The minimum atomic E-state index is -1.63. The van der Waals surface area contributed by atoms with Gasteiger partial charge in [0.25, 0.3) is 0 Å². The third-order valence-corrected chi connectivity index (χ3v) is 14.4. The lowest BCUT2D eigenvalue weighted by molar-refractivity contribution is -0.870. The number of ether oxygens (including phenoxy) is 4. The summed E-state index contributed by atoms with van der Waals surface area (Å²) < 4.78 is 22.7. The monoisotopic (exact) mass is 1170 g/mol. The van der Waals surface area contributed by atoms with Gasteiger partial charge in [0.15, 0.2) is 12.4 Å². The number of unbranched alkanes of at least 4 members (excludes halogenated alkanes) is 27. The molecule has 9 nitrogen and oxygen atoms in total. The van der Waals surface area contributed by atoms with Crippen LogP contribution in [0.15, 0.2) is 122 Å². The fourth-order valence-electron chi connectivity index (χ4n) is 9.23. The topological polar surface area (TPSA) is 111 Å². The fraction of sp³-hybridized carbons (Fsp3) is 0.693. The van der Waals surface area contributed by atoms with Crippen LogP contribution in [-0.2, 0) is 33.3 Å². The van der Waals surface area contributed by atoms with Crippen molar-refractivity contribution >= 4 is 17.9 Å². The number of rotatable bonds is 62. The SMILES string of the molecule is CC/C=C\C/C=C\C/C=C\C/C=C\C/C=C\C/C=C\C/C=C\C/C=C\CCCCCCCCCCCCCCCCCCC(=O)OC(COC(=O)CCCCCCCCC/C=C\C/C=C\CCCCCC)COC(OCC[N+](C)(C)C)C(=O)[O-]. The number of aliphatic carboxylic acids is 1. The lowest BCUT2D eigenvalue weighted by Gasteiger charge is -2.26. The van der Waals surface area contributed by atoms with Crippen LogP contribution in [0.5, 0.6) is 0 Å². The van der Waals surface area contributed by atoms with E-state index in [4.69, 9.17) is 18.9 Å². The second-order valence-electron chi connectivity index (χ2n) is 23.7. The Hall–Kier alpha value is -4.31. The molecular formula is C75H127NO8. The van der Waals surface area contributed by atoms with Crippen molar-refractivity contribution in [3.8, 4) is 0 Å². The molecule has 0 aromatic carbocycles. The Balaban J connectivity index is 4.07. The Labute approximate surface area is 517 Å². The molecule has 480 valence electrons. The molecule has 0 aliphatic carbocycles. The number of allylic oxidation sites excluding steroid dienone is 20. The van der Waals surface area contributed by atoms with Gasteiger partial charge in [0, 0.05) is 12.8 Å². The van der Waals surface area contributed by atoms with Gasteiger partial charge in [-0.05, 0) is 109 Å². The summed E-state index contributed by atoms with van der Waals surface area (Å²) >= 11 is 0. The predicted molar refractivity (Wildman–Crippen MR) is 356 cm³/mol. The molecule has 2 unspecified atom stereocenters. The van der Waals surface area contributed by atoms with Gasteiger partial charge < -0.3 is 33.3 Å². The molecule has 0 radical (unpaired) electrons. The summed E-state index contributed by atoms with van der Waals surface area (Å²) in [6.45, 7) is 4.62. The number of likely N-dealkylation sites (N-methyl/N-ethyl adjacent to an activating group) is 1. The molecule has 0 N–H and O–H groups in total. The van der Waals surface area contributed by atoms with E-state index in [1.807, 2.05) is 21.1 Å². The smallest absolute Gasteiger partial charge is 0.306 e. The molecule has 0 amide bonds. The Morgan fingerprint density at radius 3 is 1.01 bits per heavy atom. The van der Waals surface area contributed by atoms with Crippen molar-refractivity contribution in [2.45, 2.75) is 289 Å². The van der Waals surface area contributed by atoms with E-state index in [-0.39, 0.29) is 38.6 Å². The summed E-state index contributed by atoms with van der Waals surface area (Å²) in [5.41, 5.74) is 0. The first kappa shape index (κ1) is 79.7. The second-order valence-corrected chi connectivity index (χ2v) is 23.7. The minimum absolute atomic E-state index is 0.143. The molecular weight excluding hydrogens is 1040 g/mol. The summed E-state index contributed by atoms with van der Waals surface area (Å²) in [7, 11) is 5.92. The highest BCUT2D eigenvalue weighted by molar-refractivity contribution is 5.70. The number of carbonyl (C=O) groups excluding carboxylic acids is 3. The number of quaternary nitrogens is 1. The van der Waals surface area contributed by atoms with Crippen LogP contribution >= 0.6 is 0 Å². The molecule has 9 heteroatoms. The second kappa shape index (κ2) is 64.7. The predicted octanol–water partition coefficient (Wildman–Crippen LogP) is 19.9. The van der Waals surface area contributed by atoms with Gasteiger partial charge in [0.1, 0.15) is 13.2 Å². The maximum Gasteiger partial charge on any atom is 0.306 e. The van der Waals surface area contributed by atoms with E-state index < -0.39 is 24.3 Å². The van der Waals surface area contributed by atoms with Gasteiger partial charge in [-0.3, -0.25) is 9.59 Å². The molecule has 2 atom stereocenters. The lowest BCUT2D eigenvalue weighted by Crippen LogP contribution is -2.44. The Morgan fingerprint density at radius 1 is 0.369 bits per heavy atom. The standard InChI is InChI=1S/C75H127NO8/c1-6-8-10-12-14-16-18-20-22-24-26-27-28-29-30-31-32-33-34-35-36-37-38-39-40-41-42-43-44-45-46-47-48-50-52-54-56-58-60-62-64-66-73(78)84-71(70-83-75(74(79)80)81-68-67-76(3,4)5)69-82-72(77)65-63-61-59-57-55-53-51-49-25-23-21-19-17-15-13-11-9-7-2/h8,10,14,16-17,19-20,22-23,25-27,29-30,32-33,35-36,38-39,71,75H,6-7,9,11-13,15,18,21,24,28,31,34,37,40-70H2,1-5H3/b10-8-,16-14-,19-17-,22-20-,25-23-,27-26-,30-29-,33-32-,36-35-,39-38-. The zero-order valence-electron chi connectivity index (χ0n) is 54.7. The molecule has 0 aromatic heterocycles. The highest BCUT2D eigenvalue weighted by atomic mass is 16.7. The maximum atomic E-state index is 12.9. The van der Waals surface area contributed by atoms with E-state index >= 15 is 0 Å². The molecule has 0 rings (SSSR count). The number of hydrogen-bond donors (Lipinski definition) is 0. The molecule has 0 saturated heterocycles. The lowest BCUT2D eigenvalue weighted by atomic mass is 10.0. The van der Waals surface area contributed by atoms with Crippen LogP contribution in [-0.4, -0.2) is 82.3 Å². The highest BCUT2D eigenvalue weighted by Crippen LogP contribution is 2.16. The molecule has 0 spiro atoms. The zero-order chi connectivity index (χ0) is 61.2. The fourth-order valence-corrected chi connectivity index (χ4v) is 9.23. The normalized spacial score (nSPS) is 13.5. The Bertz CT molecular complexity index is 1790. The van der Waals surface area contributed by atoms with E-state index in [0.717, 1.165) is 109 Å². The van der Waals surface area contributed by atoms with Gasteiger partial charge in [-0.25, -0.2) is 0 Å².